The van der Waals surface area contributed by atoms with E-state index in [1.807, 2.05) is 44.2 Å². The molecule has 2 aromatic carbocycles. The summed E-state index contributed by atoms with van der Waals surface area (Å²) in [7, 11) is 0. The maximum Gasteiger partial charge on any atom is 0.130 e. The number of hydrogen-bond donors (Lipinski definition) is 1. The fourth-order valence-corrected chi connectivity index (χ4v) is 2.54. The molecule has 3 heteroatoms. The standard InChI is InChI=1S/C16H17BrO2/c1-10-4-5-11(2)16(8-10)19-13-6-7-14(12(3)18)15(17)9-13/h4-9,12,18H,1-3H3/t12-/m1/s1. The molecule has 2 rings (SSSR count). The first-order valence-corrected chi connectivity index (χ1v) is 6.99. The van der Waals surface area contributed by atoms with E-state index in [4.69, 9.17) is 4.74 Å². The molecule has 0 heterocycles. The van der Waals surface area contributed by atoms with E-state index in [0.29, 0.717) is 0 Å². The molecule has 0 saturated heterocycles. The molecule has 0 bridgehead atoms. The second-order valence-electron chi connectivity index (χ2n) is 4.73. The maximum atomic E-state index is 9.59. The molecule has 0 aliphatic rings. The van der Waals surface area contributed by atoms with Gasteiger partial charge in [0, 0.05) is 4.47 Å². The van der Waals surface area contributed by atoms with Gasteiger partial charge in [-0.05, 0) is 55.7 Å². The summed E-state index contributed by atoms with van der Waals surface area (Å²) in [4.78, 5) is 0. The molecule has 0 saturated carbocycles. The van der Waals surface area contributed by atoms with E-state index in [2.05, 4.69) is 22.0 Å². The molecule has 0 aliphatic heterocycles. The average Bonchev–Trinajstić information content (AvgIpc) is 2.33. The second-order valence-corrected chi connectivity index (χ2v) is 5.58. The highest BCUT2D eigenvalue weighted by molar-refractivity contribution is 9.10. The lowest BCUT2D eigenvalue weighted by molar-refractivity contribution is 0.198. The molecular formula is C16H17BrO2. The Morgan fingerprint density at radius 2 is 1.84 bits per heavy atom. The van der Waals surface area contributed by atoms with E-state index in [1.165, 1.54) is 5.56 Å². The molecular weight excluding hydrogens is 304 g/mol. The Morgan fingerprint density at radius 1 is 1.11 bits per heavy atom. The Kier molecular flexibility index (Phi) is 4.27. The largest absolute Gasteiger partial charge is 0.457 e. The van der Waals surface area contributed by atoms with Gasteiger partial charge in [0.1, 0.15) is 11.5 Å². The Balaban J connectivity index is 2.29. The van der Waals surface area contributed by atoms with Crippen LogP contribution < -0.4 is 4.74 Å². The molecule has 100 valence electrons. The minimum Gasteiger partial charge on any atom is -0.457 e. The number of aryl methyl sites for hydroxylation is 2. The number of aliphatic hydroxyl groups excluding tert-OH is 1. The molecule has 0 radical (unpaired) electrons. The van der Waals surface area contributed by atoms with Gasteiger partial charge in [0.15, 0.2) is 0 Å². The van der Waals surface area contributed by atoms with Crippen LogP contribution in [0.3, 0.4) is 0 Å². The number of benzene rings is 2. The first kappa shape index (κ1) is 14.1. The summed E-state index contributed by atoms with van der Waals surface area (Å²) in [5, 5.41) is 9.59. The molecule has 0 amide bonds. The van der Waals surface area contributed by atoms with E-state index in [-0.39, 0.29) is 0 Å². The Morgan fingerprint density at radius 3 is 2.47 bits per heavy atom. The minimum absolute atomic E-state index is 0.496. The predicted molar refractivity (Wildman–Crippen MR) is 80.8 cm³/mol. The smallest absolute Gasteiger partial charge is 0.130 e. The van der Waals surface area contributed by atoms with E-state index in [1.54, 1.807) is 6.92 Å². The van der Waals surface area contributed by atoms with Crippen molar-refractivity contribution in [1.82, 2.24) is 0 Å². The van der Waals surface area contributed by atoms with Gasteiger partial charge in [0.2, 0.25) is 0 Å². The van der Waals surface area contributed by atoms with Crippen molar-refractivity contribution < 1.29 is 9.84 Å². The van der Waals surface area contributed by atoms with Gasteiger partial charge >= 0.3 is 0 Å². The zero-order valence-corrected chi connectivity index (χ0v) is 12.9. The first-order chi connectivity index (χ1) is 8.97. The van der Waals surface area contributed by atoms with Crippen LogP contribution in [0.1, 0.15) is 29.7 Å². The lowest BCUT2D eigenvalue weighted by atomic mass is 10.1. The SMILES string of the molecule is Cc1ccc(C)c(Oc2ccc([C@@H](C)O)c(Br)c2)c1. The van der Waals surface area contributed by atoms with Gasteiger partial charge in [0.05, 0.1) is 6.10 Å². The van der Waals surface area contributed by atoms with E-state index in [0.717, 1.165) is 27.1 Å². The highest BCUT2D eigenvalue weighted by Gasteiger charge is 2.08. The first-order valence-electron chi connectivity index (χ1n) is 6.20. The number of halogens is 1. The van der Waals surface area contributed by atoms with Crippen molar-refractivity contribution in [3.8, 4) is 11.5 Å². The quantitative estimate of drug-likeness (QED) is 0.870. The zero-order valence-electron chi connectivity index (χ0n) is 11.3. The molecule has 0 unspecified atom stereocenters. The molecule has 1 atom stereocenters. The van der Waals surface area contributed by atoms with E-state index in [9.17, 15) is 5.11 Å². The predicted octanol–water partition coefficient (Wildman–Crippen LogP) is 4.91. The summed E-state index contributed by atoms with van der Waals surface area (Å²) in [6.07, 6.45) is -0.496. The van der Waals surface area contributed by atoms with Crippen LogP contribution in [-0.4, -0.2) is 5.11 Å². The summed E-state index contributed by atoms with van der Waals surface area (Å²) >= 11 is 3.45. The normalized spacial score (nSPS) is 12.3. The number of hydrogen-bond acceptors (Lipinski definition) is 2. The molecule has 0 fully saturated rings. The summed E-state index contributed by atoms with van der Waals surface area (Å²) in [5.41, 5.74) is 3.12. The van der Waals surface area contributed by atoms with E-state index >= 15 is 0 Å². The molecule has 1 N–H and O–H groups in total. The van der Waals surface area contributed by atoms with Gasteiger partial charge in [0.25, 0.3) is 0 Å². The van der Waals surface area contributed by atoms with Crippen LogP contribution >= 0.6 is 15.9 Å². The third kappa shape index (κ3) is 3.37. The van der Waals surface area contributed by atoms with Crippen LogP contribution in [-0.2, 0) is 0 Å². The van der Waals surface area contributed by atoms with Crippen molar-refractivity contribution in [3.05, 3.63) is 57.6 Å². The van der Waals surface area contributed by atoms with Crippen LogP contribution in [0.2, 0.25) is 0 Å². The third-order valence-corrected chi connectivity index (χ3v) is 3.68. The fourth-order valence-electron chi connectivity index (χ4n) is 1.85. The Hall–Kier alpha value is -1.32. The average molecular weight is 321 g/mol. The van der Waals surface area contributed by atoms with Gasteiger partial charge in [-0.3, -0.25) is 0 Å². The summed E-state index contributed by atoms with van der Waals surface area (Å²) in [6, 6.07) is 11.7. The molecule has 0 spiro atoms. The molecule has 19 heavy (non-hydrogen) atoms. The zero-order chi connectivity index (χ0) is 14.0. The topological polar surface area (TPSA) is 29.5 Å². The third-order valence-electron chi connectivity index (χ3n) is 2.99. The molecule has 0 aliphatic carbocycles. The van der Waals surface area contributed by atoms with Gasteiger partial charge in [-0.15, -0.1) is 0 Å². The van der Waals surface area contributed by atoms with E-state index < -0.39 is 6.10 Å². The van der Waals surface area contributed by atoms with Gasteiger partial charge in [-0.25, -0.2) is 0 Å². The maximum absolute atomic E-state index is 9.59. The lowest BCUT2D eigenvalue weighted by Crippen LogP contribution is -1.94. The van der Waals surface area contributed by atoms with Crippen molar-refractivity contribution in [2.45, 2.75) is 26.9 Å². The highest BCUT2D eigenvalue weighted by Crippen LogP contribution is 2.31. The summed E-state index contributed by atoms with van der Waals surface area (Å²) < 4.78 is 6.75. The number of aliphatic hydroxyl groups is 1. The lowest BCUT2D eigenvalue weighted by Gasteiger charge is -2.12. The summed E-state index contributed by atoms with van der Waals surface area (Å²) in [6.45, 7) is 5.80. The number of ether oxygens (including phenoxy) is 1. The molecule has 0 aromatic heterocycles. The molecule has 2 nitrogen and oxygen atoms in total. The van der Waals surface area contributed by atoms with Crippen molar-refractivity contribution in [2.24, 2.45) is 0 Å². The highest BCUT2D eigenvalue weighted by atomic mass is 79.9. The second kappa shape index (κ2) is 5.76. The van der Waals surface area contributed by atoms with Crippen molar-refractivity contribution in [1.29, 1.82) is 0 Å². The van der Waals surface area contributed by atoms with Crippen molar-refractivity contribution >= 4 is 15.9 Å². The Bertz CT molecular complexity index is 591. The van der Waals surface area contributed by atoms with Gasteiger partial charge in [-0.1, -0.05) is 34.1 Å². The van der Waals surface area contributed by atoms with Gasteiger partial charge < -0.3 is 9.84 Å². The van der Waals surface area contributed by atoms with Crippen LogP contribution in [0.4, 0.5) is 0 Å². The summed E-state index contributed by atoms with van der Waals surface area (Å²) in [5.74, 6) is 1.61. The van der Waals surface area contributed by atoms with Crippen LogP contribution in [0, 0.1) is 13.8 Å². The monoisotopic (exact) mass is 320 g/mol. The minimum atomic E-state index is -0.496. The van der Waals surface area contributed by atoms with Gasteiger partial charge in [-0.2, -0.15) is 0 Å². The van der Waals surface area contributed by atoms with Crippen LogP contribution in [0.5, 0.6) is 11.5 Å². The van der Waals surface area contributed by atoms with Crippen molar-refractivity contribution in [3.63, 3.8) is 0 Å². The van der Waals surface area contributed by atoms with Crippen LogP contribution in [0.25, 0.3) is 0 Å². The number of rotatable bonds is 3. The Labute approximate surface area is 122 Å². The fraction of sp³-hybridized carbons (Fsp3) is 0.250. The van der Waals surface area contributed by atoms with Crippen molar-refractivity contribution in [2.75, 3.05) is 0 Å². The molecule has 2 aromatic rings. The van der Waals surface area contributed by atoms with Crippen LogP contribution in [0.15, 0.2) is 40.9 Å².